The number of hydrogen-bond donors (Lipinski definition) is 1. The van der Waals surface area contributed by atoms with Gasteiger partial charge in [0.2, 0.25) is 0 Å². The van der Waals surface area contributed by atoms with Crippen molar-refractivity contribution in [2.75, 3.05) is 4.90 Å². The van der Waals surface area contributed by atoms with Crippen LogP contribution in [0, 0.1) is 0 Å². The van der Waals surface area contributed by atoms with Crippen molar-refractivity contribution >= 4 is 55.3 Å². The maximum atomic E-state index is 15.6. The minimum atomic E-state index is -1.34. The third kappa shape index (κ3) is 5.50. The zero-order valence-corrected chi connectivity index (χ0v) is 32.5. The first-order valence-electron chi connectivity index (χ1n) is 20.2. The minimum Gasteiger partial charge on any atom is -0.456 e. The quantitative estimate of drug-likeness (QED) is 0.187. The topological polar surface area (TPSA) is 97.3 Å². The molecule has 0 saturated carbocycles. The van der Waals surface area contributed by atoms with Crippen molar-refractivity contribution in [1.82, 2.24) is 19.5 Å². The highest BCUT2D eigenvalue weighted by atomic mass is 16.3. The number of fused-ring (bicyclic) bond motifs is 10. The normalized spacial score (nSPS) is 13.8. The molecule has 8 nitrogen and oxygen atoms in total. The van der Waals surface area contributed by atoms with E-state index in [1.54, 1.807) is 0 Å². The van der Waals surface area contributed by atoms with Crippen LogP contribution in [0.15, 0.2) is 192 Å². The summed E-state index contributed by atoms with van der Waals surface area (Å²) in [6.45, 7) is 0. The number of aliphatic hydroxyl groups is 1. The molecule has 8 heteroatoms. The van der Waals surface area contributed by atoms with E-state index in [-0.39, 0.29) is 5.91 Å². The molecular formula is C53H33N5O3. The van der Waals surface area contributed by atoms with Gasteiger partial charge in [0.15, 0.2) is 23.7 Å². The molecule has 61 heavy (non-hydrogen) atoms. The zero-order chi connectivity index (χ0) is 40.6. The Kier molecular flexibility index (Phi) is 7.81. The molecule has 0 bridgehead atoms. The van der Waals surface area contributed by atoms with E-state index in [1.807, 2.05) is 158 Å². The summed E-state index contributed by atoms with van der Waals surface area (Å²) >= 11 is 0. The fraction of sp³-hybridized carbons (Fsp3) is 0.0189. The molecule has 12 rings (SSSR count). The molecule has 11 aromatic rings. The Morgan fingerprint density at radius 2 is 1.05 bits per heavy atom. The van der Waals surface area contributed by atoms with Gasteiger partial charge in [-0.3, -0.25) is 9.69 Å². The highest BCUT2D eigenvalue weighted by Crippen LogP contribution is 2.47. The lowest BCUT2D eigenvalue weighted by molar-refractivity contribution is 0.0893. The van der Waals surface area contributed by atoms with Gasteiger partial charge in [0.05, 0.1) is 16.6 Å². The molecule has 1 atom stereocenters. The summed E-state index contributed by atoms with van der Waals surface area (Å²) in [5.74, 6) is 1.27. The van der Waals surface area contributed by atoms with Crippen LogP contribution in [0.4, 0.5) is 5.69 Å². The van der Waals surface area contributed by atoms with E-state index in [4.69, 9.17) is 19.4 Å². The summed E-state index contributed by atoms with van der Waals surface area (Å²) in [7, 11) is 0. The molecule has 288 valence electrons. The molecule has 1 unspecified atom stereocenters. The Morgan fingerprint density at radius 3 is 1.72 bits per heavy atom. The van der Waals surface area contributed by atoms with Crippen molar-refractivity contribution in [2.45, 2.75) is 6.23 Å². The van der Waals surface area contributed by atoms with E-state index in [0.29, 0.717) is 39.9 Å². The highest BCUT2D eigenvalue weighted by Gasteiger charge is 2.37. The van der Waals surface area contributed by atoms with Crippen molar-refractivity contribution in [3.8, 4) is 51.0 Å². The standard InChI is InChI=1S/C53H33N5O3/c59-52-42-30-41-37-20-11-13-23-45(37)61-46(41)31-40(42)38-28-29-44-47(39-21-10-12-22-43(39)57(44)35-18-8-3-9-19-35)48(38)53(60)58(52)36-26-24-34(25-27-36)51-55-49(32-14-4-1-5-15-32)54-50(56-51)33-16-6-2-7-17-33/h1-31,52,59H. The van der Waals surface area contributed by atoms with Crippen LogP contribution in [0.1, 0.15) is 22.1 Å². The lowest BCUT2D eigenvalue weighted by Gasteiger charge is -2.27. The maximum absolute atomic E-state index is 15.6. The van der Waals surface area contributed by atoms with E-state index in [1.165, 1.54) is 4.90 Å². The molecule has 4 heterocycles. The van der Waals surface area contributed by atoms with E-state index in [9.17, 15) is 5.11 Å². The third-order valence-electron chi connectivity index (χ3n) is 11.8. The lowest BCUT2D eigenvalue weighted by atomic mass is 9.92. The Morgan fingerprint density at radius 1 is 0.475 bits per heavy atom. The number of hydrogen-bond acceptors (Lipinski definition) is 6. The molecule has 3 aromatic heterocycles. The number of para-hydroxylation sites is 3. The van der Waals surface area contributed by atoms with Crippen molar-refractivity contribution in [1.29, 1.82) is 0 Å². The predicted octanol–water partition coefficient (Wildman–Crippen LogP) is 12.2. The second kappa shape index (κ2) is 13.7. The van der Waals surface area contributed by atoms with Crippen molar-refractivity contribution in [2.24, 2.45) is 0 Å². The molecule has 1 aliphatic heterocycles. The van der Waals surface area contributed by atoms with Gasteiger partial charge in [-0.2, -0.15) is 0 Å². The number of anilines is 1. The van der Waals surface area contributed by atoms with Gasteiger partial charge < -0.3 is 14.1 Å². The number of benzene rings is 8. The summed E-state index contributed by atoms with van der Waals surface area (Å²) in [6, 6.07) is 61.5. The first-order valence-corrected chi connectivity index (χ1v) is 20.2. The molecule has 0 aliphatic carbocycles. The highest BCUT2D eigenvalue weighted by molar-refractivity contribution is 6.26. The number of carbonyl (C=O) groups is 1. The second-order valence-corrected chi connectivity index (χ2v) is 15.2. The van der Waals surface area contributed by atoms with Crippen molar-refractivity contribution < 1.29 is 14.3 Å². The maximum Gasteiger partial charge on any atom is 0.262 e. The third-order valence-corrected chi connectivity index (χ3v) is 11.8. The SMILES string of the molecule is O=C1c2c(ccc3c2c2ccccc2n3-c2ccccc2)-c2cc3oc4ccccc4c3cc2C(O)N1c1ccc(-c2nc(-c3ccccc3)nc(-c3ccccc3)n2)cc1. The van der Waals surface area contributed by atoms with Gasteiger partial charge in [-0.25, -0.2) is 15.0 Å². The van der Waals surface area contributed by atoms with Gasteiger partial charge >= 0.3 is 0 Å². The first kappa shape index (κ1) is 34.8. The van der Waals surface area contributed by atoms with Crippen LogP contribution in [0.3, 0.4) is 0 Å². The Hall–Kier alpha value is -8.20. The smallest absolute Gasteiger partial charge is 0.262 e. The number of nitrogens with zero attached hydrogens (tertiary/aromatic N) is 5. The van der Waals surface area contributed by atoms with Gasteiger partial charge in [-0.05, 0) is 77.9 Å². The molecule has 0 fully saturated rings. The van der Waals surface area contributed by atoms with Crippen LogP contribution in [0.25, 0.3) is 94.7 Å². The van der Waals surface area contributed by atoms with Gasteiger partial charge in [0, 0.05) is 55.2 Å². The number of aliphatic hydroxyl groups excluding tert-OH is 1. The van der Waals surface area contributed by atoms with Crippen LogP contribution < -0.4 is 4.90 Å². The van der Waals surface area contributed by atoms with Gasteiger partial charge in [0.1, 0.15) is 11.2 Å². The summed E-state index contributed by atoms with van der Waals surface area (Å²) in [4.78, 5) is 31.8. The predicted molar refractivity (Wildman–Crippen MR) is 241 cm³/mol. The van der Waals surface area contributed by atoms with Crippen LogP contribution >= 0.6 is 0 Å². The number of furan rings is 1. The van der Waals surface area contributed by atoms with Crippen molar-refractivity contribution in [3.63, 3.8) is 0 Å². The fourth-order valence-corrected chi connectivity index (χ4v) is 8.94. The Balaban J connectivity index is 1.07. The second-order valence-electron chi connectivity index (χ2n) is 15.2. The zero-order valence-electron chi connectivity index (χ0n) is 32.5. The van der Waals surface area contributed by atoms with Gasteiger partial charge in [-0.15, -0.1) is 0 Å². The summed E-state index contributed by atoms with van der Waals surface area (Å²) in [5, 5.41) is 16.2. The first-order chi connectivity index (χ1) is 30.1. The van der Waals surface area contributed by atoms with Crippen LogP contribution in [-0.2, 0) is 0 Å². The fourth-order valence-electron chi connectivity index (χ4n) is 8.94. The van der Waals surface area contributed by atoms with E-state index >= 15 is 4.79 Å². The number of carbonyl (C=O) groups excluding carboxylic acids is 1. The van der Waals surface area contributed by atoms with E-state index in [2.05, 4.69) is 34.9 Å². The molecule has 0 spiro atoms. The monoisotopic (exact) mass is 787 g/mol. The number of amides is 1. The largest absolute Gasteiger partial charge is 0.456 e. The Bertz CT molecular complexity index is 3450. The molecule has 8 aromatic carbocycles. The average Bonchev–Trinajstić information content (AvgIpc) is 3.84. The van der Waals surface area contributed by atoms with Gasteiger partial charge in [-0.1, -0.05) is 121 Å². The molecular weight excluding hydrogens is 755 g/mol. The van der Waals surface area contributed by atoms with Crippen LogP contribution in [-0.4, -0.2) is 30.5 Å². The molecule has 1 N–H and O–H groups in total. The minimum absolute atomic E-state index is 0.326. The van der Waals surface area contributed by atoms with E-state index in [0.717, 1.165) is 71.7 Å². The molecule has 1 aliphatic rings. The average molecular weight is 788 g/mol. The van der Waals surface area contributed by atoms with Crippen LogP contribution in [0.2, 0.25) is 0 Å². The van der Waals surface area contributed by atoms with Crippen molar-refractivity contribution in [3.05, 3.63) is 199 Å². The number of aromatic nitrogens is 4. The van der Waals surface area contributed by atoms with Crippen LogP contribution in [0.5, 0.6) is 0 Å². The summed E-state index contributed by atoms with van der Waals surface area (Å²) in [6.07, 6.45) is -1.34. The van der Waals surface area contributed by atoms with Gasteiger partial charge in [0.25, 0.3) is 5.91 Å². The molecule has 0 radical (unpaired) electrons. The summed E-state index contributed by atoms with van der Waals surface area (Å²) < 4.78 is 8.59. The summed E-state index contributed by atoms with van der Waals surface area (Å²) in [5.41, 5.74) is 9.80. The molecule has 1 amide bonds. The lowest BCUT2D eigenvalue weighted by Crippen LogP contribution is -2.34. The molecule has 0 saturated heterocycles. The van der Waals surface area contributed by atoms with E-state index < -0.39 is 6.23 Å². The Labute approximate surface area is 349 Å². The number of rotatable bonds is 5.